The third-order valence-electron chi connectivity index (χ3n) is 3.39. The molecule has 3 N–H and O–H groups in total. The molecule has 0 radical (unpaired) electrons. The van der Waals surface area contributed by atoms with Crippen LogP contribution in [0.4, 0.5) is 5.69 Å². The van der Waals surface area contributed by atoms with Gasteiger partial charge in [-0.25, -0.2) is 0 Å². The van der Waals surface area contributed by atoms with Crippen molar-refractivity contribution >= 4 is 11.6 Å². The lowest BCUT2D eigenvalue weighted by Gasteiger charge is -2.22. The first-order chi connectivity index (χ1) is 8.70. The monoisotopic (exact) mass is 238 g/mol. The van der Waals surface area contributed by atoms with Gasteiger partial charge in [0.25, 0.3) is 0 Å². The Morgan fingerprint density at radius 3 is 2.44 bits per heavy atom. The van der Waals surface area contributed by atoms with Gasteiger partial charge in [0.2, 0.25) is 5.91 Å². The second-order valence-electron chi connectivity index (χ2n) is 4.63. The van der Waals surface area contributed by atoms with Crippen molar-refractivity contribution in [1.29, 1.82) is 0 Å². The smallest absolute Gasteiger partial charge is 0.249 e. The Bertz CT molecular complexity index is 594. The molecule has 3 heteroatoms. The maximum Gasteiger partial charge on any atom is 0.249 e. The minimum atomic E-state index is -0.960. The van der Waals surface area contributed by atoms with Gasteiger partial charge in [-0.15, -0.1) is 0 Å². The van der Waals surface area contributed by atoms with Crippen molar-refractivity contribution in [2.45, 2.75) is 12.0 Å². The van der Waals surface area contributed by atoms with E-state index in [1.807, 2.05) is 54.6 Å². The first kappa shape index (κ1) is 11.0. The van der Waals surface area contributed by atoms with Gasteiger partial charge < -0.3 is 11.1 Å². The standard InChI is InChI=1S/C15H14N2O/c16-15(10-11-6-2-1-3-7-11)12-8-4-5-9-13(12)17-14(15)18/h1-9H,10,16H2,(H,17,18). The fourth-order valence-electron chi connectivity index (χ4n) is 2.43. The molecule has 0 saturated carbocycles. The Labute approximate surface area is 106 Å². The minimum absolute atomic E-state index is 0.132. The van der Waals surface area contributed by atoms with Crippen LogP contribution in [-0.2, 0) is 16.8 Å². The molecule has 1 aliphatic rings. The average Bonchev–Trinajstić information content (AvgIpc) is 2.63. The van der Waals surface area contributed by atoms with Gasteiger partial charge in [0.15, 0.2) is 0 Å². The van der Waals surface area contributed by atoms with E-state index in [9.17, 15) is 4.79 Å². The molecule has 1 aliphatic heterocycles. The number of hydrogen-bond donors (Lipinski definition) is 2. The van der Waals surface area contributed by atoms with Crippen molar-refractivity contribution in [2.24, 2.45) is 5.73 Å². The number of carbonyl (C=O) groups excluding carboxylic acids is 1. The van der Waals surface area contributed by atoms with Crippen LogP contribution in [0.25, 0.3) is 0 Å². The summed E-state index contributed by atoms with van der Waals surface area (Å²) in [5.74, 6) is -0.132. The van der Waals surface area contributed by atoms with E-state index in [1.165, 1.54) is 0 Å². The van der Waals surface area contributed by atoms with Crippen molar-refractivity contribution in [3.05, 3.63) is 65.7 Å². The second-order valence-corrected chi connectivity index (χ2v) is 4.63. The van der Waals surface area contributed by atoms with Crippen LogP contribution in [0.3, 0.4) is 0 Å². The summed E-state index contributed by atoms with van der Waals surface area (Å²) in [6.07, 6.45) is 0.511. The van der Waals surface area contributed by atoms with Crippen molar-refractivity contribution in [2.75, 3.05) is 5.32 Å². The maximum atomic E-state index is 12.1. The molecule has 0 saturated heterocycles. The highest BCUT2D eigenvalue weighted by Gasteiger charge is 2.43. The zero-order valence-electron chi connectivity index (χ0n) is 9.89. The van der Waals surface area contributed by atoms with Gasteiger partial charge >= 0.3 is 0 Å². The van der Waals surface area contributed by atoms with E-state index >= 15 is 0 Å². The molecule has 0 fully saturated rings. The van der Waals surface area contributed by atoms with Gasteiger partial charge in [0.05, 0.1) is 0 Å². The second kappa shape index (κ2) is 3.96. The average molecular weight is 238 g/mol. The highest BCUT2D eigenvalue weighted by molar-refractivity contribution is 6.05. The first-order valence-electron chi connectivity index (χ1n) is 5.94. The first-order valence-corrected chi connectivity index (χ1v) is 5.94. The Morgan fingerprint density at radius 1 is 1.00 bits per heavy atom. The molecule has 0 bridgehead atoms. The van der Waals surface area contributed by atoms with Gasteiger partial charge in [-0.2, -0.15) is 0 Å². The van der Waals surface area contributed by atoms with Gasteiger partial charge in [0, 0.05) is 17.7 Å². The molecule has 18 heavy (non-hydrogen) atoms. The van der Waals surface area contributed by atoms with Crippen LogP contribution in [0.1, 0.15) is 11.1 Å². The molecule has 90 valence electrons. The van der Waals surface area contributed by atoms with Crippen molar-refractivity contribution in [1.82, 2.24) is 0 Å². The summed E-state index contributed by atoms with van der Waals surface area (Å²) in [5, 5.41) is 2.84. The number of hydrogen-bond acceptors (Lipinski definition) is 2. The molecule has 0 spiro atoms. The molecular weight excluding hydrogens is 224 g/mol. The minimum Gasteiger partial charge on any atom is -0.324 e. The zero-order chi connectivity index (χ0) is 12.6. The van der Waals surface area contributed by atoms with Crippen molar-refractivity contribution in [3.8, 4) is 0 Å². The largest absolute Gasteiger partial charge is 0.324 e. The number of anilines is 1. The van der Waals surface area contributed by atoms with E-state index in [0.717, 1.165) is 16.8 Å². The predicted molar refractivity (Wildman–Crippen MR) is 71.1 cm³/mol. The van der Waals surface area contributed by atoms with Crippen LogP contribution in [0.15, 0.2) is 54.6 Å². The summed E-state index contributed by atoms with van der Waals surface area (Å²) in [4.78, 5) is 12.1. The summed E-state index contributed by atoms with van der Waals surface area (Å²) in [6, 6.07) is 17.4. The number of nitrogens with one attached hydrogen (secondary N) is 1. The number of rotatable bonds is 2. The van der Waals surface area contributed by atoms with E-state index in [-0.39, 0.29) is 5.91 Å². The summed E-state index contributed by atoms with van der Waals surface area (Å²) in [6.45, 7) is 0. The third-order valence-corrected chi connectivity index (χ3v) is 3.39. The molecule has 1 atom stereocenters. The summed E-state index contributed by atoms with van der Waals surface area (Å²) in [7, 11) is 0. The Hall–Kier alpha value is -2.13. The van der Waals surface area contributed by atoms with Crippen LogP contribution in [0.2, 0.25) is 0 Å². The Balaban J connectivity index is 2.02. The number of para-hydroxylation sites is 1. The normalized spacial score (nSPS) is 21.5. The highest BCUT2D eigenvalue weighted by Crippen LogP contribution is 2.36. The lowest BCUT2D eigenvalue weighted by Crippen LogP contribution is -2.45. The molecular formula is C15H14N2O. The number of fused-ring (bicyclic) bond motifs is 1. The quantitative estimate of drug-likeness (QED) is 0.841. The number of nitrogens with two attached hydrogens (primary N) is 1. The number of carbonyl (C=O) groups is 1. The fraction of sp³-hybridized carbons (Fsp3) is 0.133. The van der Waals surface area contributed by atoms with E-state index in [4.69, 9.17) is 5.73 Å². The van der Waals surface area contributed by atoms with E-state index < -0.39 is 5.54 Å². The lowest BCUT2D eigenvalue weighted by atomic mass is 9.86. The maximum absolute atomic E-state index is 12.1. The molecule has 2 aromatic carbocycles. The Kier molecular flexibility index (Phi) is 2.42. The summed E-state index contributed by atoms with van der Waals surface area (Å²) < 4.78 is 0. The Morgan fingerprint density at radius 2 is 1.67 bits per heavy atom. The number of benzene rings is 2. The lowest BCUT2D eigenvalue weighted by molar-refractivity contribution is -0.120. The van der Waals surface area contributed by atoms with Crippen molar-refractivity contribution in [3.63, 3.8) is 0 Å². The van der Waals surface area contributed by atoms with Crippen molar-refractivity contribution < 1.29 is 4.79 Å². The number of amides is 1. The van der Waals surface area contributed by atoms with E-state index in [1.54, 1.807) is 0 Å². The molecule has 0 aliphatic carbocycles. The molecule has 3 nitrogen and oxygen atoms in total. The molecule has 2 aromatic rings. The highest BCUT2D eigenvalue weighted by atomic mass is 16.2. The van der Waals surface area contributed by atoms with Gasteiger partial charge in [-0.3, -0.25) is 4.79 Å². The fourth-order valence-corrected chi connectivity index (χ4v) is 2.43. The van der Waals surface area contributed by atoms with Gasteiger partial charge in [-0.1, -0.05) is 48.5 Å². The predicted octanol–water partition coefficient (Wildman–Crippen LogP) is 2.04. The van der Waals surface area contributed by atoms with Crippen LogP contribution >= 0.6 is 0 Å². The van der Waals surface area contributed by atoms with E-state index in [0.29, 0.717) is 6.42 Å². The zero-order valence-corrected chi connectivity index (χ0v) is 9.89. The van der Waals surface area contributed by atoms with Crippen LogP contribution in [-0.4, -0.2) is 5.91 Å². The van der Waals surface area contributed by atoms with Crippen LogP contribution in [0.5, 0.6) is 0 Å². The summed E-state index contributed by atoms with van der Waals surface area (Å²) in [5.41, 5.74) is 8.13. The van der Waals surface area contributed by atoms with Crippen LogP contribution in [0, 0.1) is 0 Å². The topological polar surface area (TPSA) is 55.1 Å². The molecule has 3 rings (SSSR count). The molecule has 1 amide bonds. The summed E-state index contributed by atoms with van der Waals surface area (Å²) >= 11 is 0. The molecule has 0 aromatic heterocycles. The molecule has 1 heterocycles. The third kappa shape index (κ3) is 1.60. The molecule has 1 unspecified atom stereocenters. The SMILES string of the molecule is NC1(Cc2ccccc2)C(=O)Nc2ccccc21. The van der Waals surface area contributed by atoms with E-state index in [2.05, 4.69) is 5.32 Å². The van der Waals surface area contributed by atoms with Gasteiger partial charge in [-0.05, 0) is 11.6 Å². The van der Waals surface area contributed by atoms with Crippen LogP contribution < -0.4 is 11.1 Å². The van der Waals surface area contributed by atoms with Gasteiger partial charge in [0.1, 0.15) is 5.54 Å².